The fourth-order valence-electron chi connectivity index (χ4n) is 3.84. The Labute approximate surface area is 190 Å². The molecule has 0 radical (unpaired) electrons. The summed E-state index contributed by atoms with van der Waals surface area (Å²) in [7, 11) is 0. The normalized spacial score (nSPS) is 18.8. The van der Waals surface area contributed by atoms with Crippen molar-refractivity contribution in [2.75, 3.05) is 13.1 Å². The highest BCUT2D eigenvalue weighted by Gasteiger charge is 2.39. The zero-order valence-electron chi connectivity index (χ0n) is 16.8. The molecule has 1 fully saturated rings. The van der Waals surface area contributed by atoms with Gasteiger partial charge in [-0.2, -0.15) is 5.10 Å². The summed E-state index contributed by atoms with van der Waals surface area (Å²) in [4.78, 5) is 27.0. The maximum atomic E-state index is 12.9. The number of likely N-dealkylation sites (tertiary alicyclic amines) is 1. The van der Waals surface area contributed by atoms with Crippen LogP contribution in [-0.2, 0) is 16.0 Å². The summed E-state index contributed by atoms with van der Waals surface area (Å²) in [6, 6.07) is 12.3. The van der Waals surface area contributed by atoms with Gasteiger partial charge in [0.05, 0.1) is 24.7 Å². The Morgan fingerprint density at radius 3 is 2.41 bits per heavy atom. The van der Waals surface area contributed by atoms with Crippen molar-refractivity contribution in [3.63, 3.8) is 0 Å². The molecule has 2 aromatic rings. The number of nitrogens with zero attached hydrogens (tertiary/aromatic N) is 3. The SMILES string of the molecule is O=C(Cc1ccc(OC(F)(F)F)cc1)N1CC(N2CCCC2=O)C(c2ccc(Br)cc2)=N1. The molecule has 0 saturated carbocycles. The number of hydrazone groups is 1. The summed E-state index contributed by atoms with van der Waals surface area (Å²) in [5.41, 5.74) is 2.00. The van der Waals surface area contributed by atoms with E-state index >= 15 is 0 Å². The lowest BCUT2D eigenvalue weighted by Gasteiger charge is -2.25. The topological polar surface area (TPSA) is 62.2 Å². The monoisotopic (exact) mass is 509 g/mol. The molecule has 0 bridgehead atoms. The number of hydrogen-bond donors (Lipinski definition) is 0. The van der Waals surface area contributed by atoms with Crippen molar-refractivity contribution in [2.24, 2.45) is 5.10 Å². The van der Waals surface area contributed by atoms with E-state index in [4.69, 9.17) is 0 Å². The first-order valence-electron chi connectivity index (χ1n) is 9.98. The molecule has 0 spiro atoms. The van der Waals surface area contributed by atoms with Crippen LogP contribution in [0.25, 0.3) is 0 Å². The molecular weight excluding hydrogens is 491 g/mol. The van der Waals surface area contributed by atoms with Crippen molar-refractivity contribution in [3.05, 3.63) is 64.1 Å². The van der Waals surface area contributed by atoms with Crippen molar-refractivity contribution in [1.82, 2.24) is 9.91 Å². The van der Waals surface area contributed by atoms with Gasteiger partial charge in [-0.1, -0.05) is 40.2 Å². The summed E-state index contributed by atoms with van der Waals surface area (Å²) in [5.74, 6) is -0.620. The molecule has 168 valence electrons. The molecule has 2 heterocycles. The van der Waals surface area contributed by atoms with Gasteiger partial charge in [0.25, 0.3) is 0 Å². The van der Waals surface area contributed by atoms with Gasteiger partial charge in [-0.15, -0.1) is 13.2 Å². The van der Waals surface area contributed by atoms with Crippen LogP contribution in [0.5, 0.6) is 5.75 Å². The molecule has 1 unspecified atom stereocenters. The standard InChI is InChI=1S/C22H19BrF3N3O3/c23-16-7-5-15(6-8-16)21-18(28-11-1-2-19(28)30)13-29(27-21)20(31)12-14-3-9-17(10-4-14)32-22(24,25)26/h3-10,18H,1-2,11-13H2. The number of benzene rings is 2. The van der Waals surface area contributed by atoms with Gasteiger partial charge in [0.1, 0.15) is 5.75 Å². The minimum absolute atomic E-state index is 0.0364. The van der Waals surface area contributed by atoms with Crippen LogP contribution in [0.4, 0.5) is 13.2 Å². The van der Waals surface area contributed by atoms with E-state index in [0.29, 0.717) is 24.2 Å². The van der Waals surface area contributed by atoms with E-state index in [1.54, 1.807) is 4.90 Å². The number of hydrogen-bond acceptors (Lipinski definition) is 4. The van der Waals surface area contributed by atoms with Gasteiger partial charge >= 0.3 is 6.36 Å². The van der Waals surface area contributed by atoms with Gasteiger partial charge in [-0.05, 0) is 36.2 Å². The Morgan fingerprint density at radius 2 is 1.81 bits per heavy atom. The van der Waals surface area contributed by atoms with E-state index in [1.165, 1.54) is 29.3 Å². The second-order valence-electron chi connectivity index (χ2n) is 7.54. The first-order chi connectivity index (χ1) is 15.2. The van der Waals surface area contributed by atoms with Gasteiger partial charge in [-0.3, -0.25) is 9.59 Å². The van der Waals surface area contributed by atoms with Crippen molar-refractivity contribution in [3.8, 4) is 5.75 Å². The molecule has 2 aliphatic rings. The number of alkyl halides is 3. The van der Waals surface area contributed by atoms with Gasteiger partial charge in [0.15, 0.2) is 0 Å². The Balaban J connectivity index is 1.51. The lowest BCUT2D eigenvalue weighted by molar-refractivity contribution is -0.274. The predicted octanol–water partition coefficient (Wildman–Crippen LogP) is 4.13. The Morgan fingerprint density at radius 1 is 1.12 bits per heavy atom. The number of rotatable bonds is 5. The van der Waals surface area contributed by atoms with E-state index in [9.17, 15) is 22.8 Å². The van der Waals surface area contributed by atoms with E-state index in [1.807, 2.05) is 24.3 Å². The minimum atomic E-state index is -4.77. The van der Waals surface area contributed by atoms with E-state index in [-0.39, 0.29) is 36.6 Å². The Kier molecular flexibility index (Phi) is 6.23. The highest BCUT2D eigenvalue weighted by Crippen LogP contribution is 2.26. The maximum absolute atomic E-state index is 12.9. The molecule has 4 rings (SSSR count). The fourth-order valence-corrected chi connectivity index (χ4v) is 4.10. The highest BCUT2D eigenvalue weighted by atomic mass is 79.9. The Bertz CT molecular complexity index is 1040. The molecule has 6 nitrogen and oxygen atoms in total. The summed E-state index contributed by atoms with van der Waals surface area (Å²) in [6.45, 7) is 0.854. The third-order valence-corrected chi connectivity index (χ3v) is 5.85. The Hall–Kier alpha value is -2.88. The van der Waals surface area contributed by atoms with E-state index in [0.717, 1.165) is 16.5 Å². The van der Waals surface area contributed by atoms with Gasteiger partial charge in [0.2, 0.25) is 11.8 Å². The molecule has 0 aromatic heterocycles. The molecule has 2 aromatic carbocycles. The second-order valence-corrected chi connectivity index (χ2v) is 8.46. The van der Waals surface area contributed by atoms with Crippen molar-refractivity contribution in [1.29, 1.82) is 0 Å². The van der Waals surface area contributed by atoms with Crippen molar-refractivity contribution >= 4 is 33.5 Å². The lowest BCUT2D eigenvalue weighted by Crippen LogP contribution is -2.44. The average Bonchev–Trinajstić information content (AvgIpc) is 3.35. The van der Waals surface area contributed by atoms with Crippen LogP contribution < -0.4 is 4.74 Å². The average molecular weight is 510 g/mol. The number of ether oxygens (including phenoxy) is 1. The first-order valence-corrected chi connectivity index (χ1v) is 10.8. The molecule has 1 saturated heterocycles. The second kappa shape index (κ2) is 8.93. The minimum Gasteiger partial charge on any atom is -0.406 e. The van der Waals surface area contributed by atoms with Crippen LogP contribution in [0.15, 0.2) is 58.1 Å². The van der Waals surface area contributed by atoms with Gasteiger partial charge in [0, 0.05) is 23.0 Å². The van der Waals surface area contributed by atoms with Crippen molar-refractivity contribution in [2.45, 2.75) is 31.7 Å². The van der Waals surface area contributed by atoms with E-state index in [2.05, 4.69) is 25.8 Å². The number of amides is 2. The van der Waals surface area contributed by atoms with Crippen LogP contribution in [0, 0.1) is 0 Å². The van der Waals surface area contributed by atoms with Crippen LogP contribution >= 0.6 is 15.9 Å². The summed E-state index contributed by atoms with van der Waals surface area (Å²) in [6.07, 6.45) is -3.56. The molecule has 0 N–H and O–H groups in total. The zero-order chi connectivity index (χ0) is 22.9. The van der Waals surface area contributed by atoms with Gasteiger partial charge in [-0.25, -0.2) is 5.01 Å². The third-order valence-electron chi connectivity index (χ3n) is 5.32. The molecular formula is C22H19BrF3N3O3. The molecule has 10 heteroatoms. The summed E-state index contributed by atoms with van der Waals surface area (Å²) >= 11 is 3.40. The summed E-state index contributed by atoms with van der Waals surface area (Å²) in [5, 5.41) is 5.87. The molecule has 1 atom stereocenters. The summed E-state index contributed by atoms with van der Waals surface area (Å²) < 4.78 is 41.7. The van der Waals surface area contributed by atoms with Crippen LogP contribution in [0.3, 0.4) is 0 Å². The van der Waals surface area contributed by atoms with Gasteiger partial charge < -0.3 is 9.64 Å². The largest absolute Gasteiger partial charge is 0.573 e. The number of halogens is 4. The smallest absolute Gasteiger partial charge is 0.406 e. The molecule has 0 aliphatic carbocycles. The first kappa shape index (κ1) is 22.3. The van der Waals surface area contributed by atoms with E-state index < -0.39 is 6.36 Å². The molecule has 2 amide bonds. The zero-order valence-corrected chi connectivity index (χ0v) is 18.4. The predicted molar refractivity (Wildman–Crippen MR) is 114 cm³/mol. The lowest BCUT2D eigenvalue weighted by atomic mass is 10.0. The fraction of sp³-hybridized carbons (Fsp3) is 0.318. The van der Waals surface area contributed by atoms with Crippen LogP contribution in [0.2, 0.25) is 0 Å². The highest BCUT2D eigenvalue weighted by molar-refractivity contribution is 9.10. The van der Waals surface area contributed by atoms with Crippen molar-refractivity contribution < 1.29 is 27.5 Å². The molecule has 32 heavy (non-hydrogen) atoms. The van der Waals surface area contributed by atoms with Crippen LogP contribution in [0.1, 0.15) is 24.0 Å². The quantitative estimate of drug-likeness (QED) is 0.608. The number of carbonyl (C=O) groups excluding carboxylic acids is 2. The third kappa shape index (κ3) is 5.12. The van der Waals surface area contributed by atoms with Crippen LogP contribution in [-0.4, -0.2) is 52.9 Å². The molecule has 2 aliphatic heterocycles. The number of carbonyl (C=O) groups is 2. The maximum Gasteiger partial charge on any atom is 0.573 e.